The van der Waals surface area contributed by atoms with Crippen molar-refractivity contribution in [2.75, 3.05) is 19.7 Å². The van der Waals surface area contributed by atoms with E-state index in [9.17, 15) is 9.59 Å². The molecule has 0 aliphatic carbocycles. The largest absolute Gasteiger partial charge is 0.376 e. The number of nitrogens with one attached hydrogen (secondary N) is 1. The summed E-state index contributed by atoms with van der Waals surface area (Å²) in [6.45, 7) is 4.62. The first-order chi connectivity index (χ1) is 10.0. The smallest absolute Gasteiger partial charge is 0.253 e. The Morgan fingerprint density at radius 1 is 1.38 bits per heavy atom. The van der Waals surface area contributed by atoms with E-state index in [0.717, 1.165) is 26.1 Å². The lowest BCUT2D eigenvalue weighted by Gasteiger charge is -2.33. The van der Waals surface area contributed by atoms with Gasteiger partial charge in [0.1, 0.15) is 0 Å². The maximum atomic E-state index is 12.3. The number of carbonyl (C=O) groups is 1. The van der Waals surface area contributed by atoms with Crippen molar-refractivity contribution in [3.05, 3.63) is 34.2 Å². The molecule has 114 valence electrons. The van der Waals surface area contributed by atoms with E-state index in [1.54, 1.807) is 19.3 Å². The van der Waals surface area contributed by atoms with Gasteiger partial charge in [-0.25, -0.2) is 0 Å². The van der Waals surface area contributed by atoms with E-state index < -0.39 is 0 Å². The lowest BCUT2D eigenvalue weighted by molar-refractivity contribution is -0.0390. The first-order valence-corrected chi connectivity index (χ1v) is 7.36. The molecule has 6 nitrogen and oxygen atoms in total. The van der Waals surface area contributed by atoms with Crippen molar-refractivity contribution >= 4 is 5.91 Å². The Morgan fingerprint density at radius 2 is 2.19 bits per heavy atom. The van der Waals surface area contributed by atoms with Crippen molar-refractivity contribution in [1.82, 2.24) is 14.8 Å². The molecule has 1 N–H and O–H groups in total. The second-order valence-electron chi connectivity index (χ2n) is 6.02. The summed E-state index contributed by atoms with van der Waals surface area (Å²) in [6, 6.07) is 3.55. The van der Waals surface area contributed by atoms with Crippen LogP contribution in [0.5, 0.6) is 0 Å². The van der Waals surface area contributed by atoms with Gasteiger partial charge in [-0.2, -0.15) is 0 Å². The number of nitrogens with zero attached hydrogens (tertiary/aromatic N) is 2. The molecule has 3 heterocycles. The fourth-order valence-electron chi connectivity index (χ4n) is 3.14. The number of rotatable bonds is 2. The third kappa shape index (κ3) is 3.01. The van der Waals surface area contributed by atoms with E-state index in [1.807, 2.05) is 0 Å². The third-order valence-corrected chi connectivity index (χ3v) is 4.28. The second kappa shape index (κ2) is 5.61. The summed E-state index contributed by atoms with van der Waals surface area (Å²) in [5.74, 6) is -0.121. The zero-order chi connectivity index (χ0) is 15.0. The number of hydrogen-bond donors (Lipinski definition) is 1. The van der Waals surface area contributed by atoms with Crippen LogP contribution in [-0.2, 0) is 11.8 Å². The number of amides is 1. The molecular weight excluding hydrogens is 270 g/mol. The molecule has 21 heavy (non-hydrogen) atoms. The van der Waals surface area contributed by atoms with Crippen molar-refractivity contribution in [1.29, 1.82) is 0 Å². The number of fused-ring (bicyclic) bond motifs is 1. The van der Waals surface area contributed by atoms with E-state index in [-0.39, 0.29) is 23.6 Å². The fraction of sp³-hybridized carbons (Fsp3) is 0.600. The van der Waals surface area contributed by atoms with Crippen LogP contribution < -0.4 is 10.9 Å². The number of aryl methyl sites for hydroxylation is 1. The molecule has 1 amide bonds. The summed E-state index contributed by atoms with van der Waals surface area (Å²) in [6.07, 6.45) is 2.76. The van der Waals surface area contributed by atoms with Crippen LogP contribution in [0.1, 0.15) is 23.7 Å². The number of morpholine rings is 1. The molecule has 0 spiro atoms. The molecule has 3 rings (SSSR count). The lowest BCUT2D eigenvalue weighted by Crippen LogP contribution is -2.45. The fourth-order valence-corrected chi connectivity index (χ4v) is 3.14. The SMILES string of the molecule is C[C@@H]1CN2C[C@@H](NC(=O)c3ccc(=O)n(C)c3)C[C@H]2CO1. The van der Waals surface area contributed by atoms with Crippen molar-refractivity contribution in [2.24, 2.45) is 7.05 Å². The summed E-state index contributed by atoms with van der Waals surface area (Å²) in [7, 11) is 1.65. The van der Waals surface area contributed by atoms with Gasteiger partial charge in [0.05, 0.1) is 18.3 Å². The Hall–Kier alpha value is -1.66. The second-order valence-corrected chi connectivity index (χ2v) is 6.02. The van der Waals surface area contributed by atoms with Gasteiger partial charge in [-0.1, -0.05) is 0 Å². The van der Waals surface area contributed by atoms with Gasteiger partial charge in [0.25, 0.3) is 5.91 Å². The van der Waals surface area contributed by atoms with Gasteiger partial charge >= 0.3 is 0 Å². The molecule has 2 aliphatic heterocycles. The molecule has 0 aromatic carbocycles. The van der Waals surface area contributed by atoms with Crippen LogP contribution in [-0.4, -0.2) is 53.3 Å². The summed E-state index contributed by atoms with van der Waals surface area (Å²) >= 11 is 0. The monoisotopic (exact) mass is 291 g/mol. The number of pyridine rings is 1. The van der Waals surface area contributed by atoms with Gasteiger partial charge in [-0.3, -0.25) is 14.5 Å². The Morgan fingerprint density at radius 3 is 2.95 bits per heavy atom. The maximum absolute atomic E-state index is 12.3. The third-order valence-electron chi connectivity index (χ3n) is 4.28. The first-order valence-electron chi connectivity index (χ1n) is 7.36. The summed E-state index contributed by atoms with van der Waals surface area (Å²) in [5.41, 5.74) is 0.405. The van der Waals surface area contributed by atoms with E-state index in [0.29, 0.717) is 11.6 Å². The van der Waals surface area contributed by atoms with Gasteiger partial charge in [-0.15, -0.1) is 0 Å². The molecule has 3 atom stereocenters. The standard InChI is InChI=1S/C15H21N3O3/c1-10-6-18-8-12(5-13(18)9-21-10)16-15(20)11-3-4-14(19)17(2)7-11/h3-4,7,10,12-13H,5-6,8-9H2,1-2H3,(H,16,20)/t10-,12+,13+/m1/s1. The highest BCUT2D eigenvalue weighted by atomic mass is 16.5. The zero-order valence-electron chi connectivity index (χ0n) is 12.4. The lowest BCUT2D eigenvalue weighted by atomic mass is 10.1. The zero-order valence-corrected chi connectivity index (χ0v) is 12.4. The van der Waals surface area contributed by atoms with Gasteiger partial charge in [0, 0.05) is 44.5 Å². The van der Waals surface area contributed by atoms with E-state index in [1.165, 1.54) is 10.6 Å². The molecule has 1 aromatic heterocycles. The molecular formula is C15H21N3O3. The highest BCUT2D eigenvalue weighted by Crippen LogP contribution is 2.23. The van der Waals surface area contributed by atoms with Crippen molar-refractivity contribution in [3.8, 4) is 0 Å². The number of hydrogen-bond acceptors (Lipinski definition) is 4. The Balaban J connectivity index is 1.63. The molecule has 0 saturated carbocycles. The van der Waals surface area contributed by atoms with Crippen LogP contribution in [0, 0.1) is 0 Å². The molecule has 6 heteroatoms. The molecule has 2 aliphatic rings. The number of ether oxygens (including phenoxy) is 1. The van der Waals surface area contributed by atoms with Gasteiger partial charge in [-0.05, 0) is 19.4 Å². The van der Waals surface area contributed by atoms with E-state index in [2.05, 4.69) is 17.1 Å². The van der Waals surface area contributed by atoms with Gasteiger partial charge in [0.15, 0.2) is 0 Å². The predicted molar refractivity (Wildman–Crippen MR) is 78.3 cm³/mol. The number of aromatic nitrogens is 1. The molecule has 0 unspecified atom stereocenters. The Labute approximate surface area is 123 Å². The highest BCUT2D eigenvalue weighted by Gasteiger charge is 2.36. The van der Waals surface area contributed by atoms with Crippen LogP contribution in [0.2, 0.25) is 0 Å². The minimum Gasteiger partial charge on any atom is -0.376 e. The van der Waals surface area contributed by atoms with Gasteiger partial charge < -0.3 is 14.6 Å². The minimum atomic E-state index is -0.121. The average Bonchev–Trinajstić information content (AvgIpc) is 2.83. The van der Waals surface area contributed by atoms with Crippen molar-refractivity contribution in [2.45, 2.75) is 31.5 Å². The quantitative estimate of drug-likeness (QED) is 0.831. The van der Waals surface area contributed by atoms with Crippen LogP contribution in [0.25, 0.3) is 0 Å². The molecule has 0 bridgehead atoms. The summed E-state index contributed by atoms with van der Waals surface area (Å²) in [4.78, 5) is 26.0. The average molecular weight is 291 g/mol. The Bertz CT molecular complexity index is 598. The van der Waals surface area contributed by atoms with Gasteiger partial charge in [0.2, 0.25) is 5.56 Å². The molecule has 2 fully saturated rings. The van der Waals surface area contributed by atoms with E-state index >= 15 is 0 Å². The maximum Gasteiger partial charge on any atom is 0.253 e. The highest BCUT2D eigenvalue weighted by molar-refractivity contribution is 5.94. The minimum absolute atomic E-state index is 0.115. The molecule has 0 radical (unpaired) electrons. The van der Waals surface area contributed by atoms with Crippen LogP contribution in [0.4, 0.5) is 0 Å². The number of carbonyl (C=O) groups excluding carboxylic acids is 1. The van der Waals surface area contributed by atoms with E-state index in [4.69, 9.17) is 4.74 Å². The van der Waals surface area contributed by atoms with Crippen LogP contribution in [0.15, 0.2) is 23.1 Å². The normalized spacial score (nSPS) is 29.1. The molecule has 2 saturated heterocycles. The molecule has 1 aromatic rings. The topological polar surface area (TPSA) is 63.6 Å². The first kappa shape index (κ1) is 14.3. The van der Waals surface area contributed by atoms with Crippen LogP contribution in [0.3, 0.4) is 0 Å². The Kier molecular flexibility index (Phi) is 3.82. The summed E-state index contributed by atoms with van der Waals surface area (Å²) in [5, 5.41) is 3.06. The van der Waals surface area contributed by atoms with Crippen molar-refractivity contribution in [3.63, 3.8) is 0 Å². The van der Waals surface area contributed by atoms with Crippen molar-refractivity contribution < 1.29 is 9.53 Å². The van der Waals surface area contributed by atoms with Crippen LogP contribution >= 0.6 is 0 Å². The summed E-state index contributed by atoms with van der Waals surface area (Å²) < 4.78 is 7.09. The predicted octanol–water partition coefficient (Wildman–Crippen LogP) is -0.0233.